The molecule has 0 aliphatic carbocycles. The molecule has 6 nitrogen and oxygen atoms in total. The summed E-state index contributed by atoms with van der Waals surface area (Å²) in [5.74, 6) is 0.381. The van der Waals surface area contributed by atoms with Crippen LogP contribution in [0.4, 0.5) is 5.69 Å². The first kappa shape index (κ1) is 20.3. The lowest BCUT2D eigenvalue weighted by atomic mass is 10.0. The number of hydrogen-bond acceptors (Lipinski definition) is 5. The van der Waals surface area contributed by atoms with Crippen LogP contribution in [0.5, 0.6) is 11.5 Å². The molecule has 0 heterocycles. The van der Waals surface area contributed by atoms with Crippen LogP contribution in [0.3, 0.4) is 0 Å². The highest BCUT2D eigenvalue weighted by Crippen LogP contribution is 2.26. The molecule has 144 valence electrons. The van der Waals surface area contributed by atoms with Crippen molar-refractivity contribution in [2.45, 2.75) is 26.7 Å². The number of ether oxygens (including phenoxy) is 3. The molecule has 1 amide bonds. The average Bonchev–Trinajstić information content (AvgIpc) is 2.66. The van der Waals surface area contributed by atoms with E-state index in [1.165, 1.54) is 5.56 Å². The van der Waals surface area contributed by atoms with Gasteiger partial charge in [0.05, 0.1) is 6.61 Å². The number of rotatable bonds is 9. The molecule has 2 aromatic carbocycles. The molecule has 0 aliphatic rings. The van der Waals surface area contributed by atoms with Crippen molar-refractivity contribution in [2.75, 3.05) is 25.1 Å². The van der Waals surface area contributed by atoms with Crippen LogP contribution in [0, 0.1) is 0 Å². The number of esters is 1. The zero-order chi connectivity index (χ0) is 19.6. The Balaban J connectivity index is 1.75. The number of anilines is 1. The number of carbonyl (C=O) groups is 2. The Morgan fingerprint density at radius 1 is 0.926 bits per heavy atom. The van der Waals surface area contributed by atoms with Gasteiger partial charge in [0.15, 0.2) is 24.7 Å². The van der Waals surface area contributed by atoms with Gasteiger partial charge in [-0.15, -0.1) is 0 Å². The van der Waals surface area contributed by atoms with E-state index < -0.39 is 11.9 Å². The molecule has 0 atom stereocenters. The number of hydrogen-bond donors (Lipinski definition) is 1. The maximum Gasteiger partial charge on any atom is 0.344 e. The summed E-state index contributed by atoms with van der Waals surface area (Å²) in [5.41, 5.74) is 1.84. The highest BCUT2D eigenvalue weighted by Gasteiger charge is 2.11. The van der Waals surface area contributed by atoms with Crippen molar-refractivity contribution < 1.29 is 23.8 Å². The van der Waals surface area contributed by atoms with Crippen molar-refractivity contribution in [1.82, 2.24) is 0 Å². The normalized spacial score (nSPS) is 10.4. The van der Waals surface area contributed by atoms with Crippen LogP contribution in [-0.4, -0.2) is 31.7 Å². The third-order valence-corrected chi connectivity index (χ3v) is 3.72. The largest absolute Gasteiger partial charge is 0.490 e. The van der Waals surface area contributed by atoms with Crippen LogP contribution in [0.15, 0.2) is 48.5 Å². The van der Waals surface area contributed by atoms with Crippen LogP contribution >= 0.6 is 0 Å². The van der Waals surface area contributed by atoms with E-state index in [1.54, 1.807) is 18.2 Å². The molecule has 0 aliphatic heterocycles. The molecule has 0 unspecified atom stereocenters. The first-order chi connectivity index (χ1) is 13.0. The molecule has 0 aromatic heterocycles. The first-order valence-electron chi connectivity index (χ1n) is 8.89. The van der Waals surface area contributed by atoms with Gasteiger partial charge in [-0.3, -0.25) is 4.79 Å². The van der Waals surface area contributed by atoms with E-state index in [-0.39, 0.29) is 13.2 Å². The van der Waals surface area contributed by atoms with Crippen LogP contribution in [-0.2, 0) is 14.3 Å². The van der Waals surface area contributed by atoms with Crippen molar-refractivity contribution in [3.63, 3.8) is 0 Å². The summed E-state index contributed by atoms with van der Waals surface area (Å²) in [4.78, 5) is 23.7. The maximum atomic E-state index is 11.9. The monoisotopic (exact) mass is 371 g/mol. The fourth-order valence-electron chi connectivity index (χ4n) is 2.32. The predicted octanol–water partition coefficient (Wildman–Crippen LogP) is 3.77. The third-order valence-electron chi connectivity index (χ3n) is 3.72. The lowest BCUT2D eigenvalue weighted by Gasteiger charge is -2.11. The number of carbonyl (C=O) groups excluding carboxylic acids is 2. The molecule has 6 heteroatoms. The number of amides is 1. The molecule has 0 fully saturated rings. The Morgan fingerprint density at radius 2 is 1.56 bits per heavy atom. The Bertz CT molecular complexity index is 755. The van der Waals surface area contributed by atoms with Crippen LogP contribution in [0.2, 0.25) is 0 Å². The number of para-hydroxylation sites is 2. The second kappa shape index (κ2) is 10.2. The minimum absolute atomic E-state index is 0.305. The van der Waals surface area contributed by atoms with E-state index in [0.29, 0.717) is 29.7 Å². The summed E-state index contributed by atoms with van der Waals surface area (Å²) < 4.78 is 15.8. The van der Waals surface area contributed by atoms with E-state index in [0.717, 1.165) is 0 Å². The molecular weight excluding hydrogens is 346 g/mol. The molecule has 1 N–H and O–H groups in total. The lowest BCUT2D eigenvalue weighted by molar-refractivity contribution is -0.149. The summed E-state index contributed by atoms with van der Waals surface area (Å²) in [7, 11) is 0. The standard InChI is InChI=1S/C21H25NO5/c1-4-25-18-7-5-6-8-19(18)26-14-21(24)27-13-20(23)22-17-11-9-16(10-12-17)15(2)3/h5-12,15H,4,13-14H2,1-3H3,(H,22,23). The maximum absolute atomic E-state index is 11.9. The van der Waals surface area contributed by atoms with Crippen LogP contribution < -0.4 is 14.8 Å². The SMILES string of the molecule is CCOc1ccccc1OCC(=O)OCC(=O)Nc1ccc(C(C)C)cc1. The first-order valence-corrected chi connectivity index (χ1v) is 8.89. The zero-order valence-corrected chi connectivity index (χ0v) is 15.9. The van der Waals surface area contributed by atoms with E-state index in [2.05, 4.69) is 19.2 Å². The number of benzene rings is 2. The summed E-state index contributed by atoms with van der Waals surface area (Å²) in [6.45, 7) is 5.87. The molecule has 0 radical (unpaired) electrons. The highest BCUT2D eigenvalue weighted by atomic mass is 16.6. The van der Waals surface area contributed by atoms with E-state index in [1.807, 2.05) is 37.3 Å². The van der Waals surface area contributed by atoms with Gasteiger partial charge < -0.3 is 19.5 Å². The molecule has 2 aromatic rings. The van der Waals surface area contributed by atoms with Crippen molar-refractivity contribution in [1.29, 1.82) is 0 Å². The Morgan fingerprint density at radius 3 is 2.15 bits per heavy atom. The van der Waals surface area contributed by atoms with Gasteiger partial charge in [-0.25, -0.2) is 4.79 Å². The van der Waals surface area contributed by atoms with Crippen molar-refractivity contribution in [2.24, 2.45) is 0 Å². The second-order valence-electron chi connectivity index (χ2n) is 6.15. The Kier molecular flexibility index (Phi) is 7.67. The molecule has 27 heavy (non-hydrogen) atoms. The zero-order valence-electron chi connectivity index (χ0n) is 15.9. The van der Waals surface area contributed by atoms with Gasteiger partial charge in [0, 0.05) is 5.69 Å². The Hall–Kier alpha value is -3.02. The number of nitrogens with one attached hydrogen (secondary N) is 1. The molecule has 0 saturated heterocycles. The van der Waals surface area contributed by atoms with E-state index in [4.69, 9.17) is 14.2 Å². The Labute approximate surface area is 159 Å². The third kappa shape index (κ3) is 6.66. The molecular formula is C21H25NO5. The smallest absolute Gasteiger partial charge is 0.344 e. The van der Waals surface area contributed by atoms with E-state index >= 15 is 0 Å². The summed E-state index contributed by atoms with van der Waals surface area (Å²) in [5, 5.41) is 2.69. The topological polar surface area (TPSA) is 73.9 Å². The van der Waals surface area contributed by atoms with Gasteiger partial charge in [0.1, 0.15) is 0 Å². The molecule has 0 saturated carbocycles. The van der Waals surface area contributed by atoms with Crippen molar-refractivity contribution in [3.8, 4) is 11.5 Å². The molecule has 2 rings (SSSR count). The summed E-state index contributed by atoms with van der Waals surface area (Å²) >= 11 is 0. The van der Waals surface area contributed by atoms with Gasteiger partial charge in [-0.2, -0.15) is 0 Å². The average molecular weight is 371 g/mol. The second-order valence-corrected chi connectivity index (χ2v) is 6.15. The summed E-state index contributed by atoms with van der Waals surface area (Å²) in [6, 6.07) is 14.6. The van der Waals surface area contributed by atoms with Gasteiger partial charge >= 0.3 is 5.97 Å². The fourth-order valence-corrected chi connectivity index (χ4v) is 2.32. The van der Waals surface area contributed by atoms with Gasteiger partial charge in [0.25, 0.3) is 5.91 Å². The minimum atomic E-state index is -0.633. The van der Waals surface area contributed by atoms with Crippen LogP contribution in [0.1, 0.15) is 32.3 Å². The fraction of sp³-hybridized carbons (Fsp3) is 0.333. The quantitative estimate of drug-likeness (QED) is 0.679. The van der Waals surface area contributed by atoms with Gasteiger partial charge in [-0.1, -0.05) is 38.1 Å². The van der Waals surface area contributed by atoms with Gasteiger partial charge in [0.2, 0.25) is 0 Å². The van der Waals surface area contributed by atoms with Crippen LogP contribution in [0.25, 0.3) is 0 Å². The van der Waals surface area contributed by atoms with Crippen molar-refractivity contribution >= 4 is 17.6 Å². The van der Waals surface area contributed by atoms with E-state index in [9.17, 15) is 9.59 Å². The highest BCUT2D eigenvalue weighted by molar-refractivity contribution is 5.92. The molecule has 0 bridgehead atoms. The molecule has 0 spiro atoms. The van der Waals surface area contributed by atoms with Gasteiger partial charge in [-0.05, 0) is 42.7 Å². The summed E-state index contributed by atoms with van der Waals surface area (Å²) in [6.07, 6.45) is 0. The van der Waals surface area contributed by atoms with Crippen molar-refractivity contribution in [3.05, 3.63) is 54.1 Å². The predicted molar refractivity (Wildman–Crippen MR) is 103 cm³/mol. The lowest BCUT2D eigenvalue weighted by Crippen LogP contribution is -2.23. The minimum Gasteiger partial charge on any atom is -0.490 e.